The Morgan fingerprint density at radius 3 is 2.59 bits per heavy atom. The molecule has 0 radical (unpaired) electrons. The molecule has 3 rings (SSSR count). The van der Waals surface area contributed by atoms with Crippen LogP contribution in [-0.4, -0.2) is 31.8 Å². The second-order valence-electron chi connectivity index (χ2n) is 6.50. The fourth-order valence-corrected chi connectivity index (χ4v) is 3.59. The quantitative estimate of drug-likeness (QED) is 0.456. The predicted octanol–water partition coefficient (Wildman–Crippen LogP) is 4.60. The smallest absolute Gasteiger partial charge is 0.342 e. The fourth-order valence-electron chi connectivity index (χ4n) is 3.16. The number of rotatable bonds is 7. The highest BCUT2D eigenvalue weighted by molar-refractivity contribution is 7.98. The lowest BCUT2D eigenvalue weighted by atomic mass is 10.00. The van der Waals surface area contributed by atoms with Crippen LogP contribution in [0, 0.1) is 0 Å². The monoisotopic (exact) mass is 409 g/mol. The Morgan fingerprint density at radius 1 is 1.07 bits per heavy atom. The number of hydrogen-bond donors (Lipinski definition) is 1. The van der Waals surface area contributed by atoms with Gasteiger partial charge in [0.1, 0.15) is 11.3 Å². The molecule has 0 aliphatic rings. The van der Waals surface area contributed by atoms with Gasteiger partial charge in [-0.3, -0.25) is 4.79 Å². The lowest BCUT2D eigenvalue weighted by Gasteiger charge is -2.17. The van der Waals surface area contributed by atoms with Crippen LogP contribution in [0.4, 0.5) is 0 Å². The molecule has 1 atom stereocenters. The summed E-state index contributed by atoms with van der Waals surface area (Å²) in [5.41, 5.74) is 1.30. The summed E-state index contributed by atoms with van der Waals surface area (Å²) in [7, 11) is 1.49. The van der Waals surface area contributed by atoms with Gasteiger partial charge in [0.05, 0.1) is 13.2 Å². The zero-order chi connectivity index (χ0) is 20.8. The maximum atomic E-state index is 12.4. The van der Waals surface area contributed by atoms with E-state index >= 15 is 0 Å². The average molecular weight is 410 g/mol. The molecule has 1 amide bonds. The van der Waals surface area contributed by atoms with E-state index in [1.165, 1.54) is 7.11 Å². The van der Waals surface area contributed by atoms with E-state index < -0.39 is 5.97 Å². The largest absolute Gasteiger partial charge is 0.496 e. The zero-order valence-electron chi connectivity index (χ0n) is 16.6. The molecule has 0 aromatic heterocycles. The highest BCUT2D eigenvalue weighted by Crippen LogP contribution is 2.26. The van der Waals surface area contributed by atoms with Gasteiger partial charge < -0.3 is 14.8 Å². The Bertz CT molecular complexity index is 1030. The number of methoxy groups -OCH3 is 1. The Hall–Kier alpha value is -2.99. The van der Waals surface area contributed by atoms with Crippen LogP contribution in [0.25, 0.3) is 10.8 Å². The third-order valence-electron chi connectivity index (χ3n) is 4.63. The van der Waals surface area contributed by atoms with Gasteiger partial charge in [0.15, 0.2) is 6.61 Å². The molecular formula is C23H23NO4S. The highest BCUT2D eigenvalue weighted by Gasteiger charge is 2.17. The summed E-state index contributed by atoms with van der Waals surface area (Å²) in [5, 5.41) is 5.08. The molecule has 0 unspecified atom stereocenters. The zero-order valence-corrected chi connectivity index (χ0v) is 17.4. The van der Waals surface area contributed by atoms with Crippen LogP contribution >= 0.6 is 11.8 Å². The Kier molecular flexibility index (Phi) is 6.77. The normalized spacial score (nSPS) is 11.7. The molecule has 5 nitrogen and oxygen atoms in total. The molecule has 0 fully saturated rings. The van der Waals surface area contributed by atoms with Crippen LogP contribution in [0.15, 0.2) is 65.6 Å². The van der Waals surface area contributed by atoms with Crippen molar-refractivity contribution in [2.24, 2.45) is 0 Å². The van der Waals surface area contributed by atoms with Gasteiger partial charge in [-0.15, -0.1) is 11.8 Å². The van der Waals surface area contributed by atoms with Gasteiger partial charge >= 0.3 is 5.97 Å². The molecule has 0 heterocycles. The van der Waals surface area contributed by atoms with Crippen LogP contribution in [0.5, 0.6) is 5.75 Å². The summed E-state index contributed by atoms with van der Waals surface area (Å²) in [6.07, 6.45) is 1.94. The number of thioether (sulfide) groups is 1. The first-order chi connectivity index (χ1) is 14.0. The van der Waals surface area contributed by atoms with Crippen LogP contribution in [0.3, 0.4) is 0 Å². The van der Waals surface area contributed by atoms with Crippen molar-refractivity contribution in [1.82, 2.24) is 5.32 Å². The van der Waals surface area contributed by atoms with E-state index in [1.807, 2.05) is 61.7 Å². The minimum absolute atomic E-state index is 0.220. The van der Waals surface area contributed by atoms with Crippen LogP contribution in [-0.2, 0) is 9.53 Å². The Labute approximate surface area is 174 Å². The van der Waals surface area contributed by atoms with E-state index in [9.17, 15) is 9.59 Å². The van der Waals surface area contributed by atoms with Crippen LogP contribution < -0.4 is 10.1 Å². The van der Waals surface area contributed by atoms with Crippen molar-refractivity contribution >= 4 is 34.4 Å². The molecule has 3 aromatic rings. The number of amides is 1. The van der Waals surface area contributed by atoms with Crippen molar-refractivity contribution in [3.05, 3.63) is 71.8 Å². The summed E-state index contributed by atoms with van der Waals surface area (Å²) in [4.78, 5) is 25.7. The topological polar surface area (TPSA) is 64.6 Å². The summed E-state index contributed by atoms with van der Waals surface area (Å²) in [5.74, 6) is -0.535. The van der Waals surface area contributed by atoms with Gasteiger partial charge in [0.2, 0.25) is 0 Å². The molecule has 0 aliphatic carbocycles. The van der Waals surface area contributed by atoms with Gasteiger partial charge in [-0.1, -0.05) is 42.5 Å². The maximum Gasteiger partial charge on any atom is 0.342 e. The van der Waals surface area contributed by atoms with Gasteiger partial charge in [-0.25, -0.2) is 4.79 Å². The van der Waals surface area contributed by atoms with E-state index in [0.717, 1.165) is 21.2 Å². The number of hydrogen-bond acceptors (Lipinski definition) is 5. The van der Waals surface area contributed by atoms with Crippen molar-refractivity contribution in [2.45, 2.75) is 17.9 Å². The van der Waals surface area contributed by atoms with Crippen LogP contribution in [0.1, 0.15) is 28.9 Å². The Balaban J connectivity index is 1.63. The molecular weight excluding hydrogens is 386 g/mol. The Morgan fingerprint density at radius 2 is 1.83 bits per heavy atom. The van der Waals surface area contributed by atoms with Gasteiger partial charge in [-0.05, 0) is 47.7 Å². The first-order valence-corrected chi connectivity index (χ1v) is 10.4. The third-order valence-corrected chi connectivity index (χ3v) is 5.36. The first kappa shape index (κ1) is 20.7. The minimum Gasteiger partial charge on any atom is -0.496 e. The molecule has 0 spiro atoms. The van der Waals surface area contributed by atoms with Gasteiger partial charge in [0.25, 0.3) is 5.91 Å². The molecule has 6 heteroatoms. The highest BCUT2D eigenvalue weighted by atomic mass is 32.2. The maximum absolute atomic E-state index is 12.4. The predicted molar refractivity (Wildman–Crippen MR) is 116 cm³/mol. The number of benzene rings is 3. The van der Waals surface area contributed by atoms with E-state index in [-0.39, 0.29) is 18.6 Å². The second kappa shape index (κ2) is 9.47. The molecule has 150 valence electrons. The lowest BCUT2D eigenvalue weighted by molar-refractivity contribution is -0.124. The van der Waals surface area contributed by atoms with Crippen molar-refractivity contribution < 1.29 is 19.1 Å². The molecule has 0 bridgehead atoms. The van der Waals surface area contributed by atoms with E-state index in [2.05, 4.69) is 5.32 Å². The number of carbonyl (C=O) groups excluding carboxylic acids is 2. The molecule has 3 aromatic carbocycles. The second-order valence-corrected chi connectivity index (χ2v) is 7.38. The molecule has 0 saturated heterocycles. The SMILES string of the molecule is COc1cc(SC)ccc1C(=O)OCC(=O)N[C@H](C)c1cccc2ccccc12. The average Bonchev–Trinajstić information content (AvgIpc) is 2.76. The van der Waals surface area contributed by atoms with E-state index in [4.69, 9.17) is 9.47 Å². The summed E-state index contributed by atoms with van der Waals surface area (Å²) in [6.45, 7) is 1.55. The number of ether oxygens (including phenoxy) is 2. The summed E-state index contributed by atoms with van der Waals surface area (Å²) < 4.78 is 10.5. The van der Waals surface area contributed by atoms with E-state index in [1.54, 1.807) is 23.9 Å². The number of esters is 1. The van der Waals surface area contributed by atoms with Crippen molar-refractivity contribution in [3.8, 4) is 5.75 Å². The van der Waals surface area contributed by atoms with Gasteiger partial charge in [-0.2, -0.15) is 0 Å². The fraction of sp³-hybridized carbons (Fsp3) is 0.217. The van der Waals surface area contributed by atoms with Gasteiger partial charge in [0, 0.05) is 4.90 Å². The van der Waals surface area contributed by atoms with Crippen molar-refractivity contribution in [2.75, 3.05) is 20.0 Å². The molecule has 0 aliphatic heterocycles. The number of carbonyl (C=O) groups is 2. The van der Waals surface area contributed by atoms with E-state index in [0.29, 0.717) is 11.3 Å². The third kappa shape index (κ3) is 4.90. The summed E-state index contributed by atoms with van der Waals surface area (Å²) >= 11 is 1.55. The number of nitrogens with one attached hydrogen (secondary N) is 1. The van der Waals surface area contributed by atoms with Crippen molar-refractivity contribution in [3.63, 3.8) is 0 Å². The van der Waals surface area contributed by atoms with Crippen LogP contribution in [0.2, 0.25) is 0 Å². The van der Waals surface area contributed by atoms with Crippen molar-refractivity contribution in [1.29, 1.82) is 0 Å². The molecule has 0 saturated carbocycles. The first-order valence-electron chi connectivity index (χ1n) is 9.19. The number of fused-ring (bicyclic) bond motifs is 1. The standard InChI is InChI=1S/C23H23NO4S/c1-15(18-10-6-8-16-7-4-5-9-19(16)18)24-22(25)14-28-23(26)20-12-11-17(29-3)13-21(20)27-2/h4-13,15H,14H2,1-3H3,(H,24,25)/t15-/m1/s1. The molecule has 29 heavy (non-hydrogen) atoms. The summed E-state index contributed by atoms with van der Waals surface area (Å²) in [6, 6.07) is 19.0. The minimum atomic E-state index is -0.595. The molecule has 1 N–H and O–H groups in total. The lowest BCUT2D eigenvalue weighted by Crippen LogP contribution is -2.31.